The highest BCUT2D eigenvalue weighted by molar-refractivity contribution is 6.07. The number of aromatic nitrogens is 2. The van der Waals surface area contributed by atoms with Crippen molar-refractivity contribution in [3.8, 4) is 11.1 Å². The van der Waals surface area contributed by atoms with Crippen molar-refractivity contribution in [1.29, 1.82) is 0 Å². The van der Waals surface area contributed by atoms with Crippen LogP contribution in [0.3, 0.4) is 0 Å². The Morgan fingerprint density at radius 3 is 2.55 bits per heavy atom. The number of likely N-dealkylation sites (N-methyl/N-ethyl adjacent to an activating group) is 1. The fourth-order valence-electron chi connectivity index (χ4n) is 5.26. The van der Waals surface area contributed by atoms with Gasteiger partial charge in [0.15, 0.2) is 0 Å². The van der Waals surface area contributed by atoms with Crippen molar-refractivity contribution in [2.45, 2.75) is 32.2 Å². The van der Waals surface area contributed by atoms with Gasteiger partial charge in [-0.2, -0.15) is 13.2 Å². The van der Waals surface area contributed by atoms with Gasteiger partial charge in [0.05, 0.1) is 35.2 Å². The molecule has 4 heterocycles. The number of H-pyrrole nitrogens is 1. The van der Waals surface area contributed by atoms with Crippen LogP contribution < -0.4 is 20.7 Å². The van der Waals surface area contributed by atoms with Crippen LogP contribution in [0.2, 0.25) is 0 Å². The molecule has 2 saturated heterocycles. The summed E-state index contributed by atoms with van der Waals surface area (Å²) in [6.45, 7) is 7.58. The molecular formula is C29H32F4N6O3. The number of rotatable bonds is 5. The number of pyridine rings is 2. The Hall–Kier alpha value is -3.97. The van der Waals surface area contributed by atoms with E-state index >= 15 is 4.39 Å². The van der Waals surface area contributed by atoms with Gasteiger partial charge in [0.1, 0.15) is 11.6 Å². The number of carbonyl (C=O) groups is 1. The minimum absolute atomic E-state index is 0.0500. The molecule has 2 aliphatic rings. The number of amides is 1. The molecule has 5 rings (SSSR count). The minimum atomic E-state index is -4.93. The zero-order chi connectivity index (χ0) is 30.2. The molecule has 0 radical (unpaired) electrons. The number of hydrogen-bond acceptors (Lipinski definition) is 7. The third-order valence-electron chi connectivity index (χ3n) is 7.73. The van der Waals surface area contributed by atoms with Crippen molar-refractivity contribution in [3.63, 3.8) is 0 Å². The second-order valence-electron chi connectivity index (χ2n) is 10.7. The quantitative estimate of drug-likeness (QED) is 0.432. The summed E-state index contributed by atoms with van der Waals surface area (Å²) in [4.78, 5) is 37.6. The Morgan fingerprint density at radius 2 is 1.88 bits per heavy atom. The number of alkyl halides is 3. The summed E-state index contributed by atoms with van der Waals surface area (Å²) in [5, 5.41) is 2.56. The number of benzene rings is 1. The number of hydrogen-bond donors (Lipinski definition) is 2. The number of nitrogens with one attached hydrogen (secondary N) is 2. The highest BCUT2D eigenvalue weighted by Gasteiger charge is 2.36. The lowest BCUT2D eigenvalue weighted by Crippen LogP contribution is -2.50. The molecule has 1 amide bonds. The van der Waals surface area contributed by atoms with Crippen molar-refractivity contribution >= 4 is 23.1 Å². The summed E-state index contributed by atoms with van der Waals surface area (Å²) < 4.78 is 62.3. The van der Waals surface area contributed by atoms with E-state index in [1.807, 2.05) is 25.8 Å². The minimum Gasteiger partial charge on any atom is -0.375 e. The number of morpholine rings is 1. The highest BCUT2D eigenvalue weighted by atomic mass is 19.4. The van der Waals surface area contributed by atoms with E-state index in [9.17, 15) is 22.8 Å². The number of halogens is 4. The molecule has 3 aromatic rings. The lowest BCUT2D eigenvalue weighted by atomic mass is 10.0. The van der Waals surface area contributed by atoms with E-state index in [2.05, 4.69) is 25.1 Å². The zero-order valence-corrected chi connectivity index (χ0v) is 23.5. The summed E-state index contributed by atoms with van der Waals surface area (Å²) in [6, 6.07) is 6.65. The molecular weight excluding hydrogens is 556 g/mol. The van der Waals surface area contributed by atoms with Crippen LogP contribution in [0.4, 0.5) is 34.8 Å². The second-order valence-corrected chi connectivity index (χ2v) is 10.7. The SMILES string of the molecule is CC1CN(c2ccc(-c3cc(NC(=O)c4c[nH]c(=O)cc4C(F)(F)F)c(N4CCN(C)C(C)C4)cc3F)cn2)CCO1. The number of nitrogens with zero attached hydrogens (tertiary/aromatic N) is 4. The Labute approximate surface area is 240 Å². The molecule has 9 nitrogen and oxygen atoms in total. The van der Waals surface area contributed by atoms with Crippen molar-refractivity contribution in [3.05, 3.63) is 70.0 Å². The summed E-state index contributed by atoms with van der Waals surface area (Å²) in [7, 11) is 1.97. The van der Waals surface area contributed by atoms with Gasteiger partial charge >= 0.3 is 6.18 Å². The summed E-state index contributed by atoms with van der Waals surface area (Å²) >= 11 is 0. The molecule has 2 aromatic heterocycles. The van der Waals surface area contributed by atoms with Crippen LogP contribution in [0.25, 0.3) is 11.1 Å². The van der Waals surface area contributed by atoms with E-state index in [-0.39, 0.29) is 23.4 Å². The van der Waals surface area contributed by atoms with Gasteiger partial charge in [0.25, 0.3) is 5.91 Å². The monoisotopic (exact) mass is 588 g/mol. The lowest BCUT2D eigenvalue weighted by molar-refractivity contribution is -0.138. The van der Waals surface area contributed by atoms with Gasteiger partial charge < -0.3 is 29.7 Å². The smallest absolute Gasteiger partial charge is 0.375 e. The molecule has 0 spiro atoms. The highest BCUT2D eigenvalue weighted by Crippen LogP contribution is 2.37. The maximum atomic E-state index is 15.7. The summed E-state index contributed by atoms with van der Waals surface area (Å²) in [6.07, 6.45) is -2.62. The van der Waals surface area contributed by atoms with Gasteiger partial charge in [-0.1, -0.05) is 0 Å². The third kappa shape index (κ3) is 6.26. The van der Waals surface area contributed by atoms with Crippen LogP contribution in [0.15, 0.2) is 47.5 Å². The molecule has 0 aliphatic carbocycles. The van der Waals surface area contributed by atoms with E-state index in [4.69, 9.17) is 4.74 Å². The fourth-order valence-corrected chi connectivity index (χ4v) is 5.26. The first kappa shape index (κ1) is 29.5. The van der Waals surface area contributed by atoms with Crippen LogP contribution in [0.5, 0.6) is 0 Å². The van der Waals surface area contributed by atoms with Gasteiger partial charge in [-0.05, 0) is 45.2 Å². The largest absolute Gasteiger partial charge is 0.417 e. The Bertz CT molecular complexity index is 1510. The van der Waals surface area contributed by atoms with Crippen LogP contribution >= 0.6 is 0 Å². The first-order valence-electron chi connectivity index (χ1n) is 13.6. The van der Waals surface area contributed by atoms with Gasteiger partial charge in [-0.25, -0.2) is 9.37 Å². The van der Waals surface area contributed by atoms with E-state index < -0.39 is 34.6 Å². The van der Waals surface area contributed by atoms with Gasteiger partial charge in [-0.15, -0.1) is 0 Å². The predicted molar refractivity (Wildman–Crippen MR) is 152 cm³/mol. The van der Waals surface area contributed by atoms with Crippen molar-refractivity contribution < 1.29 is 27.1 Å². The fraction of sp³-hybridized carbons (Fsp3) is 0.414. The second kappa shape index (κ2) is 11.7. The van der Waals surface area contributed by atoms with E-state index in [0.29, 0.717) is 62.5 Å². The molecule has 2 aliphatic heterocycles. The maximum Gasteiger partial charge on any atom is 0.417 e. The van der Waals surface area contributed by atoms with Crippen LogP contribution in [-0.4, -0.2) is 79.3 Å². The molecule has 0 bridgehead atoms. The molecule has 0 saturated carbocycles. The van der Waals surface area contributed by atoms with Gasteiger partial charge in [0.2, 0.25) is 5.56 Å². The summed E-state index contributed by atoms with van der Waals surface area (Å²) in [5.74, 6) is -0.942. The van der Waals surface area contributed by atoms with Crippen molar-refractivity contribution in [2.24, 2.45) is 0 Å². The molecule has 42 heavy (non-hydrogen) atoms. The number of carbonyl (C=O) groups excluding carboxylic acids is 1. The normalized spacial score (nSPS) is 20.1. The zero-order valence-electron chi connectivity index (χ0n) is 23.5. The van der Waals surface area contributed by atoms with Crippen LogP contribution in [-0.2, 0) is 10.9 Å². The lowest BCUT2D eigenvalue weighted by Gasteiger charge is -2.39. The maximum absolute atomic E-state index is 15.7. The molecule has 13 heteroatoms. The van der Waals surface area contributed by atoms with Crippen molar-refractivity contribution in [1.82, 2.24) is 14.9 Å². The number of ether oxygens (including phenoxy) is 1. The van der Waals surface area contributed by atoms with Crippen LogP contribution in [0, 0.1) is 5.82 Å². The molecule has 2 N–H and O–H groups in total. The molecule has 2 atom stereocenters. The predicted octanol–water partition coefficient (Wildman–Crippen LogP) is 4.21. The van der Waals surface area contributed by atoms with E-state index in [0.717, 1.165) is 6.20 Å². The molecule has 224 valence electrons. The Morgan fingerprint density at radius 1 is 1.10 bits per heavy atom. The molecule has 2 fully saturated rings. The van der Waals surface area contributed by atoms with Gasteiger partial charge in [-0.3, -0.25) is 9.59 Å². The molecule has 2 unspecified atom stereocenters. The van der Waals surface area contributed by atoms with Gasteiger partial charge in [0, 0.05) is 68.4 Å². The first-order chi connectivity index (χ1) is 19.9. The molecule has 1 aromatic carbocycles. The third-order valence-corrected chi connectivity index (χ3v) is 7.73. The van der Waals surface area contributed by atoms with Crippen LogP contribution in [0.1, 0.15) is 29.8 Å². The Kier molecular flexibility index (Phi) is 8.24. The average Bonchev–Trinajstić information content (AvgIpc) is 2.95. The standard InChI is InChI=1S/C29H32F4N6O3/c1-17-15-38(7-6-37(17)3)25-12-23(30)20(19-4-5-26(34-13-19)39-8-9-42-18(2)16-39)10-24(25)36-28(41)21-14-35-27(40)11-22(21)29(31,32)33/h4-5,10-14,17-18H,6-9,15-16H2,1-3H3,(H,35,40)(H,36,41). The van der Waals surface area contributed by atoms with E-state index in [1.165, 1.54) is 18.3 Å². The Balaban J connectivity index is 1.52. The topological polar surface area (TPSA) is 93.8 Å². The summed E-state index contributed by atoms with van der Waals surface area (Å²) in [5.41, 5.74) is -2.06. The number of aromatic amines is 1. The number of anilines is 3. The average molecular weight is 589 g/mol. The van der Waals surface area contributed by atoms with Crippen molar-refractivity contribution in [2.75, 3.05) is 61.5 Å². The van der Waals surface area contributed by atoms with E-state index in [1.54, 1.807) is 12.1 Å². The number of piperazine rings is 1. The first-order valence-corrected chi connectivity index (χ1v) is 13.6.